The van der Waals surface area contributed by atoms with Gasteiger partial charge in [0.25, 0.3) is 0 Å². The summed E-state index contributed by atoms with van der Waals surface area (Å²) in [6.07, 6.45) is -4.76. The number of para-hydroxylation sites is 1. The lowest BCUT2D eigenvalue weighted by molar-refractivity contribution is -0.139. The van der Waals surface area contributed by atoms with Crippen molar-refractivity contribution in [3.05, 3.63) is 53.8 Å². The van der Waals surface area contributed by atoms with Gasteiger partial charge < -0.3 is 5.11 Å². The molecule has 1 nitrogen and oxygen atoms in total. The molecule has 0 amide bonds. The van der Waals surface area contributed by atoms with Crippen LogP contribution in [0, 0.1) is 5.82 Å². The largest absolute Gasteiger partial charge is 0.507 e. The van der Waals surface area contributed by atoms with E-state index in [2.05, 4.69) is 0 Å². The fourth-order valence-corrected chi connectivity index (χ4v) is 1.66. The molecule has 0 aliphatic rings. The highest BCUT2D eigenvalue weighted by Crippen LogP contribution is 2.37. The van der Waals surface area contributed by atoms with Crippen LogP contribution in [-0.4, -0.2) is 5.11 Å². The van der Waals surface area contributed by atoms with E-state index >= 15 is 0 Å². The molecule has 0 saturated heterocycles. The highest BCUT2D eigenvalue weighted by Gasteiger charge is 2.35. The molecule has 18 heavy (non-hydrogen) atoms. The third kappa shape index (κ3) is 2.16. The van der Waals surface area contributed by atoms with Crippen LogP contribution in [0.3, 0.4) is 0 Å². The first-order valence-electron chi connectivity index (χ1n) is 5.05. The van der Waals surface area contributed by atoms with Crippen molar-refractivity contribution < 1.29 is 22.7 Å². The molecular weight excluding hydrogens is 248 g/mol. The van der Waals surface area contributed by atoms with E-state index in [1.165, 1.54) is 30.3 Å². The van der Waals surface area contributed by atoms with Crippen LogP contribution in [-0.2, 0) is 6.18 Å². The van der Waals surface area contributed by atoms with E-state index in [4.69, 9.17) is 0 Å². The van der Waals surface area contributed by atoms with Crippen molar-refractivity contribution in [1.29, 1.82) is 0 Å². The number of phenolic OH excluding ortho intramolecular Hbond substituents is 1. The van der Waals surface area contributed by atoms with Gasteiger partial charge >= 0.3 is 6.18 Å². The first kappa shape index (κ1) is 12.4. The summed E-state index contributed by atoms with van der Waals surface area (Å²) < 4.78 is 51.4. The number of phenols is 1. The van der Waals surface area contributed by atoms with Gasteiger partial charge in [-0.15, -0.1) is 0 Å². The van der Waals surface area contributed by atoms with E-state index in [0.29, 0.717) is 6.07 Å². The van der Waals surface area contributed by atoms with Crippen LogP contribution < -0.4 is 0 Å². The summed E-state index contributed by atoms with van der Waals surface area (Å²) in [5, 5.41) is 9.53. The Kier molecular flexibility index (Phi) is 2.98. The molecule has 0 heterocycles. The van der Waals surface area contributed by atoms with Crippen molar-refractivity contribution in [3.8, 4) is 16.9 Å². The lowest BCUT2D eigenvalue weighted by Crippen LogP contribution is -2.08. The lowest BCUT2D eigenvalue weighted by Gasteiger charge is -2.12. The Labute approximate surface area is 100 Å². The second kappa shape index (κ2) is 4.33. The number of halogens is 4. The van der Waals surface area contributed by atoms with Gasteiger partial charge in [-0.3, -0.25) is 0 Å². The molecule has 0 saturated carbocycles. The quantitative estimate of drug-likeness (QED) is 0.757. The summed E-state index contributed by atoms with van der Waals surface area (Å²) in [7, 11) is 0. The Bertz CT molecular complexity index is 575. The number of rotatable bonds is 1. The van der Waals surface area contributed by atoms with Crippen LogP contribution in [0.2, 0.25) is 0 Å². The molecule has 2 aromatic rings. The second-order valence-electron chi connectivity index (χ2n) is 3.68. The number of aromatic hydroxyl groups is 1. The first-order valence-corrected chi connectivity index (χ1v) is 5.05. The molecule has 0 radical (unpaired) electrons. The molecule has 94 valence electrons. The smallest absolute Gasteiger partial charge is 0.419 e. The highest BCUT2D eigenvalue weighted by atomic mass is 19.4. The standard InChI is InChI=1S/C13H8F4O/c14-12-9(8-4-1-2-7-11(8)18)5-3-6-10(12)13(15,16)17/h1-7,18H. The zero-order chi connectivity index (χ0) is 13.3. The van der Waals surface area contributed by atoms with Gasteiger partial charge in [-0.2, -0.15) is 13.2 Å². The van der Waals surface area contributed by atoms with Crippen LogP contribution in [0.25, 0.3) is 11.1 Å². The Morgan fingerprint density at radius 1 is 0.833 bits per heavy atom. The van der Waals surface area contributed by atoms with Gasteiger partial charge in [0.15, 0.2) is 0 Å². The highest BCUT2D eigenvalue weighted by molar-refractivity contribution is 5.71. The Morgan fingerprint density at radius 2 is 1.44 bits per heavy atom. The molecule has 2 rings (SSSR count). The van der Waals surface area contributed by atoms with Crippen molar-refractivity contribution >= 4 is 0 Å². The SMILES string of the molecule is Oc1ccccc1-c1cccc(C(F)(F)F)c1F. The Hall–Kier alpha value is -2.04. The van der Waals surface area contributed by atoms with Crippen molar-refractivity contribution in [3.63, 3.8) is 0 Å². The summed E-state index contributed by atoms with van der Waals surface area (Å²) in [4.78, 5) is 0. The van der Waals surface area contributed by atoms with Gasteiger partial charge in [-0.1, -0.05) is 30.3 Å². The normalized spacial score (nSPS) is 11.6. The molecule has 0 bridgehead atoms. The fraction of sp³-hybridized carbons (Fsp3) is 0.0769. The predicted octanol–water partition coefficient (Wildman–Crippen LogP) is 4.22. The molecule has 2 aromatic carbocycles. The van der Waals surface area contributed by atoms with Crippen LogP contribution in [0.5, 0.6) is 5.75 Å². The summed E-state index contributed by atoms with van der Waals surface area (Å²) >= 11 is 0. The van der Waals surface area contributed by atoms with Gasteiger partial charge in [0, 0.05) is 11.1 Å². The molecule has 0 atom stereocenters. The topological polar surface area (TPSA) is 20.2 Å². The predicted molar refractivity (Wildman–Crippen MR) is 58.5 cm³/mol. The van der Waals surface area contributed by atoms with Gasteiger partial charge in [-0.25, -0.2) is 4.39 Å². The fourth-order valence-electron chi connectivity index (χ4n) is 1.66. The zero-order valence-corrected chi connectivity index (χ0v) is 9.00. The maximum Gasteiger partial charge on any atom is 0.419 e. The minimum Gasteiger partial charge on any atom is -0.507 e. The summed E-state index contributed by atoms with van der Waals surface area (Å²) in [5.74, 6) is -1.65. The maximum absolute atomic E-state index is 13.8. The maximum atomic E-state index is 13.8. The molecule has 0 spiro atoms. The van der Waals surface area contributed by atoms with Crippen molar-refractivity contribution in [2.45, 2.75) is 6.18 Å². The van der Waals surface area contributed by atoms with Crippen molar-refractivity contribution in [2.24, 2.45) is 0 Å². The average Bonchev–Trinajstić information content (AvgIpc) is 2.29. The summed E-state index contributed by atoms with van der Waals surface area (Å²) in [5.41, 5.74) is -1.59. The number of hydrogen-bond acceptors (Lipinski definition) is 1. The molecule has 0 aliphatic heterocycles. The number of benzene rings is 2. The number of alkyl halides is 3. The molecule has 0 aromatic heterocycles. The molecule has 0 fully saturated rings. The van der Waals surface area contributed by atoms with Crippen LogP contribution in [0.1, 0.15) is 5.56 Å². The minimum atomic E-state index is -4.76. The molecular formula is C13H8F4O. The van der Waals surface area contributed by atoms with E-state index in [1.54, 1.807) is 0 Å². The Morgan fingerprint density at radius 3 is 2.06 bits per heavy atom. The van der Waals surface area contributed by atoms with E-state index < -0.39 is 17.6 Å². The monoisotopic (exact) mass is 256 g/mol. The molecule has 1 N–H and O–H groups in total. The van der Waals surface area contributed by atoms with Crippen LogP contribution in [0.15, 0.2) is 42.5 Å². The summed E-state index contributed by atoms with van der Waals surface area (Å²) in [6, 6.07) is 8.62. The van der Waals surface area contributed by atoms with E-state index in [1.807, 2.05) is 0 Å². The second-order valence-corrected chi connectivity index (χ2v) is 3.68. The van der Waals surface area contributed by atoms with Gasteiger partial charge in [0.1, 0.15) is 11.6 Å². The van der Waals surface area contributed by atoms with E-state index in [0.717, 1.165) is 6.07 Å². The minimum absolute atomic E-state index is 0.0288. The first-order chi connectivity index (χ1) is 8.41. The Balaban J connectivity index is 2.64. The zero-order valence-electron chi connectivity index (χ0n) is 9.00. The number of hydrogen-bond donors (Lipinski definition) is 1. The average molecular weight is 256 g/mol. The van der Waals surface area contributed by atoms with Gasteiger partial charge in [0.05, 0.1) is 5.56 Å². The van der Waals surface area contributed by atoms with Crippen molar-refractivity contribution in [1.82, 2.24) is 0 Å². The van der Waals surface area contributed by atoms with Gasteiger partial charge in [0.2, 0.25) is 0 Å². The molecule has 0 aliphatic carbocycles. The van der Waals surface area contributed by atoms with E-state index in [-0.39, 0.29) is 16.9 Å². The lowest BCUT2D eigenvalue weighted by atomic mass is 10.0. The van der Waals surface area contributed by atoms with Crippen LogP contribution in [0.4, 0.5) is 17.6 Å². The van der Waals surface area contributed by atoms with Crippen molar-refractivity contribution in [2.75, 3.05) is 0 Å². The molecule has 0 unspecified atom stereocenters. The van der Waals surface area contributed by atoms with Crippen LogP contribution >= 0.6 is 0 Å². The third-order valence-corrected chi connectivity index (χ3v) is 2.50. The van der Waals surface area contributed by atoms with E-state index in [9.17, 15) is 22.7 Å². The third-order valence-electron chi connectivity index (χ3n) is 2.50. The summed E-state index contributed by atoms with van der Waals surface area (Å²) in [6.45, 7) is 0. The van der Waals surface area contributed by atoms with Gasteiger partial charge in [-0.05, 0) is 12.1 Å². The molecule has 5 heteroatoms.